The second-order valence-corrected chi connectivity index (χ2v) is 6.01. The van der Waals surface area contributed by atoms with Crippen LogP contribution in [0.4, 0.5) is 0 Å². The first-order valence-corrected chi connectivity index (χ1v) is 7.89. The molecule has 114 valence electrons. The molecule has 0 saturated carbocycles. The summed E-state index contributed by atoms with van der Waals surface area (Å²) in [6, 6.07) is 0. The maximum atomic E-state index is 5.77. The first kappa shape index (κ1) is 13.6. The van der Waals surface area contributed by atoms with Crippen LogP contribution in [-0.2, 0) is 9.57 Å². The van der Waals surface area contributed by atoms with Crippen LogP contribution in [-0.4, -0.2) is 25.8 Å². The Morgan fingerprint density at radius 1 is 0.909 bits per heavy atom. The Morgan fingerprint density at radius 2 is 1.73 bits per heavy atom. The highest BCUT2D eigenvalue weighted by molar-refractivity contribution is 5.68. The third-order valence-electron chi connectivity index (χ3n) is 4.89. The molecule has 3 heteroatoms. The summed E-state index contributed by atoms with van der Waals surface area (Å²) in [4.78, 5) is 5.59. The van der Waals surface area contributed by atoms with Gasteiger partial charge in [-0.15, -0.1) is 0 Å². The fraction of sp³-hybridized carbons (Fsp3) is 0.368. The number of methoxy groups -OCH3 is 1. The van der Waals surface area contributed by atoms with E-state index in [2.05, 4.69) is 30.4 Å². The summed E-state index contributed by atoms with van der Waals surface area (Å²) in [5.74, 6) is 0.854. The highest BCUT2D eigenvalue weighted by Gasteiger charge is 2.34. The topological polar surface area (TPSA) is 21.7 Å². The van der Waals surface area contributed by atoms with E-state index in [0.29, 0.717) is 0 Å². The largest absolute Gasteiger partial charge is 0.481 e. The van der Waals surface area contributed by atoms with Crippen LogP contribution < -0.4 is 0 Å². The molecule has 0 fully saturated rings. The van der Waals surface area contributed by atoms with Gasteiger partial charge in [-0.2, -0.15) is 0 Å². The third-order valence-corrected chi connectivity index (χ3v) is 4.89. The average molecular weight is 295 g/mol. The van der Waals surface area contributed by atoms with Crippen molar-refractivity contribution in [3.05, 3.63) is 69.7 Å². The van der Waals surface area contributed by atoms with E-state index in [1.165, 1.54) is 33.4 Å². The molecule has 0 aromatic rings. The average Bonchev–Trinajstić information content (AvgIpc) is 2.74. The highest BCUT2D eigenvalue weighted by Crippen LogP contribution is 2.46. The molecular formula is C19H21NO2. The van der Waals surface area contributed by atoms with Gasteiger partial charge in [0.1, 0.15) is 0 Å². The van der Waals surface area contributed by atoms with Crippen LogP contribution in [0.5, 0.6) is 0 Å². The van der Waals surface area contributed by atoms with Gasteiger partial charge in [-0.05, 0) is 48.0 Å². The summed E-state index contributed by atoms with van der Waals surface area (Å²) in [5.41, 5.74) is 8.33. The zero-order valence-corrected chi connectivity index (χ0v) is 13.2. The van der Waals surface area contributed by atoms with Crippen LogP contribution in [0.2, 0.25) is 0 Å². The lowest BCUT2D eigenvalue weighted by Crippen LogP contribution is -2.32. The maximum Gasteiger partial charge on any atom is 0.222 e. The predicted octanol–water partition coefficient (Wildman–Crippen LogP) is 3.95. The number of rotatable bonds is 2. The lowest BCUT2D eigenvalue weighted by molar-refractivity contribution is -0.132. The lowest BCUT2D eigenvalue weighted by atomic mass is 9.81. The lowest BCUT2D eigenvalue weighted by Gasteiger charge is -2.35. The second kappa shape index (κ2) is 5.33. The first-order valence-electron chi connectivity index (χ1n) is 7.89. The quantitative estimate of drug-likeness (QED) is 0.720. The number of hydrogen-bond acceptors (Lipinski definition) is 3. The minimum atomic E-state index is 0.776. The molecule has 0 amide bonds. The fourth-order valence-electron chi connectivity index (χ4n) is 3.87. The van der Waals surface area contributed by atoms with Crippen molar-refractivity contribution >= 4 is 0 Å². The van der Waals surface area contributed by atoms with E-state index in [0.717, 1.165) is 38.1 Å². The smallest absolute Gasteiger partial charge is 0.222 e. The Labute approximate surface area is 131 Å². The van der Waals surface area contributed by atoms with Crippen molar-refractivity contribution in [2.75, 3.05) is 20.8 Å². The zero-order chi connectivity index (χ0) is 15.1. The molecule has 0 N–H and O–H groups in total. The van der Waals surface area contributed by atoms with Gasteiger partial charge in [0.05, 0.1) is 20.8 Å². The Bertz CT molecular complexity index is 701. The third kappa shape index (κ3) is 1.92. The predicted molar refractivity (Wildman–Crippen MR) is 86.6 cm³/mol. The number of ether oxygens (including phenoxy) is 1. The minimum absolute atomic E-state index is 0.776. The molecule has 3 aliphatic carbocycles. The number of hydroxylamine groups is 2. The molecule has 0 atom stereocenters. The maximum absolute atomic E-state index is 5.77. The van der Waals surface area contributed by atoms with Crippen molar-refractivity contribution in [2.45, 2.75) is 25.7 Å². The summed E-state index contributed by atoms with van der Waals surface area (Å²) < 4.78 is 5.77. The molecule has 4 aliphatic rings. The van der Waals surface area contributed by atoms with Gasteiger partial charge in [0.15, 0.2) is 0 Å². The van der Waals surface area contributed by atoms with E-state index in [4.69, 9.17) is 9.57 Å². The van der Waals surface area contributed by atoms with Gasteiger partial charge in [0, 0.05) is 5.57 Å². The highest BCUT2D eigenvalue weighted by atomic mass is 16.7. The van der Waals surface area contributed by atoms with Crippen molar-refractivity contribution in [1.82, 2.24) is 5.06 Å². The van der Waals surface area contributed by atoms with Crippen LogP contribution in [0.25, 0.3) is 0 Å². The fourth-order valence-corrected chi connectivity index (χ4v) is 3.87. The molecule has 4 rings (SSSR count). The van der Waals surface area contributed by atoms with Crippen LogP contribution >= 0.6 is 0 Å². The van der Waals surface area contributed by atoms with Crippen molar-refractivity contribution in [1.29, 1.82) is 0 Å². The Hall–Kier alpha value is -2.00. The summed E-state index contributed by atoms with van der Waals surface area (Å²) >= 11 is 0. The van der Waals surface area contributed by atoms with Crippen LogP contribution in [0.3, 0.4) is 0 Å². The number of allylic oxidation sites excluding steroid dienone is 10. The van der Waals surface area contributed by atoms with Crippen LogP contribution in [0.1, 0.15) is 25.7 Å². The normalized spacial score (nSPS) is 23.4. The van der Waals surface area contributed by atoms with Gasteiger partial charge in [-0.1, -0.05) is 36.0 Å². The van der Waals surface area contributed by atoms with Crippen LogP contribution in [0, 0.1) is 0 Å². The van der Waals surface area contributed by atoms with Gasteiger partial charge in [-0.25, -0.2) is 5.06 Å². The van der Waals surface area contributed by atoms with Gasteiger partial charge in [0.25, 0.3) is 0 Å². The van der Waals surface area contributed by atoms with E-state index in [9.17, 15) is 0 Å². The molecule has 1 aliphatic heterocycles. The summed E-state index contributed by atoms with van der Waals surface area (Å²) in [7, 11) is 3.46. The Kier molecular flexibility index (Phi) is 3.30. The first-order chi connectivity index (χ1) is 10.8. The summed E-state index contributed by atoms with van der Waals surface area (Å²) in [5, 5.41) is 1.89. The van der Waals surface area contributed by atoms with Crippen LogP contribution in [0.15, 0.2) is 69.7 Å². The van der Waals surface area contributed by atoms with Gasteiger partial charge in [0.2, 0.25) is 5.88 Å². The van der Waals surface area contributed by atoms with Crippen molar-refractivity contribution in [3.63, 3.8) is 0 Å². The van der Waals surface area contributed by atoms with E-state index in [1.54, 1.807) is 14.2 Å². The molecule has 0 spiro atoms. The molecule has 0 bridgehead atoms. The van der Waals surface area contributed by atoms with E-state index in [-0.39, 0.29) is 0 Å². The molecule has 0 radical (unpaired) electrons. The SMILES string of the molecule is COC1=C2C3=C(CC=CC3)CC=C3C=CCC(=C32)CN1OC. The summed E-state index contributed by atoms with van der Waals surface area (Å²) in [6.45, 7) is 0.776. The number of nitrogens with zero attached hydrogens (tertiary/aromatic N) is 1. The van der Waals surface area contributed by atoms with Gasteiger partial charge >= 0.3 is 0 Å². The van der Waals surface area contributed by atoms with E-state index in [1.807, 2.05) is 5.06 Å². The molecule has 3 nitrogen and oxygen atoms in total. The monoisotopic (exact) mass is 295 g/mol. The van der Waals surface area contributed by atoms with Gasteiger partial charge < -0.3 is 4.74 Å². The van der Waals surface area contributed by atoms with E-state index < -0.39 is 0 Å². The van der Waals surface area contributed by atoms with Crippen molar-refractivity contribution in [3.8, 4) is 0 Å². The Morgan fingerprint density at radius 3 is 2.55 bits per heavy atom. The molecule has 0 aromatic heterocycles. The molecule has 1 heterocycles. The zero-order valence-electron chi connectivity index (χ0n) is 13.2. The standard InChI is InChI=1S/C19H21NO2/c1-21-19-18-16-9-4-3-6-13(16)10-11-14-7-5-8-15(17(14)18)12-20(19)22-2/h3-5,7,11H,6,8-10,12H2,1-2H3. The molecule has 0 saturated heterocycles. The molecular weight excluding hydrogens is 274 g/mol. The van der Waals surface area contributed by atoms with Crippen molar-refractivity contribution < 1.29 is 9.57 Å². The van der Waals surface area contributed by atoms with Gasteiger partial charge in [-0.3, -0.25) is 4.84 Å². The second-order valence-electron chi connectivity index (χ2n) is 6.01. The number of fused-ring (bicyclic) bond motifs is 1. The summed E-state index contributed by atoms with van der Waals surface area (Å²) in [6.07, 6.45) is 15.5. The number of hydrogen-bond donors (Lipinski definition) is 0. The molecule has 0 aromatic carbocycles. The Balaban J connectivity index is 1.98. The molecule has 22 heavy (non-hydrogen) atoms. The van der Waals surface area contributed by atoms with E-state index >= 15 is 0 Å². The van der Waals surface area contributed by atoms with Crippen molar-refractivity contribution in [2.24, 2.45) is 0 Å². The minimum Gasteiger partial charge on any atom is -0.481 e. The molecule has 0 unspecified atom stereocenters.